The van der Waals surface area contributed by atoms with Gasteiger partial charge in [0.2, 0.25) is 15.9 Å². The van der Waals surface area contributed by atoms with Crippen LogP contribution in [0.4, 0.5) is 0 Å². The summed E-state index contributed by atoms with van der Waals surface area (Å²) in [5.74, 6) is -0.0837. The highest BCUT2D eigenvalue weighted by Gasteiger charge is 2.48. The van der Waals surface area contributed by atoms with Gasteiger partial charge in [-0.05, 0) is 50.7 Å². The molecule has 3 heterocycles. The maximum Gasteiger partial charge on any atom is 0.226 e. The van der Waals surface area contributed by atoms with Crippen LogP contribution in [0.3, 0.4) is 0 Å². The van der Waals surface area contributed by atoms with Crippen LogP contribution in [0.15, 0.2) is 35.2 Å². The fourth-order valence-electron chi connectivity index (χ4n) is 5.19. The summed E-state index contributed by atoms with van der Waals surface area (Å²) in [5.41, 5.74) is 0. The van der Waals surface area contributed by atoms with Crippen molar-refractivity contribution in [3.8, 4) is 0 Å². The number of rotatable bonds is 4. The summed E-state index contributed by atoms with van der Waals surface area (Å²) in [4.78, 5) is 15.5. The zero-order valence-electron chi connectivity index (χ0n) is 16.6. The molecule has 3 aliphatic heterocycles. The van der Waals surface area contributed by atoms with Crippen LogP contribution in [0.1, 0.15) is 38.5 Å². The van der Waals surface area contributed by atoms with E-state index >= 15 is 0 Å². The van der Waals surface area contributed by atoms with E-state index in [4.69, 9.17) is 0 Å². The van der Waals surface area contributed by atoms with Crippen molar-refractivity contribution in [2.45, 2.75) is 60.8 Å². The summed E-state index contributed by atoms with van der Waals surface area (Å²) in [7, 11) is -6.61. The fraction of sp³-hybridized carbons (Fsp3) is 0.650. The molecule has 29 heavy (non-hydrogen) atoms. The van der Waals surface area contributed by atoms with Crippen LogP contribution < -0.4 is 0 Å². The first-order chi connectivity index (χ1) is 13.7. The number of hydrogen-bond donors (Lipinski definition) is 0. The van der Waals surface area contributed by atoms with Gasteiger partial charge in [-0.3, -0.25) is 4.79 Å². The van der Waals surface area contributed by atoms with E-state index < -0.39 is 25.1 Å². The topological polar surface area (TPSA) is 91.8 Å². The molecule has 1 aromatic rings. The lowest BCUT2D eigenvalue weighted by Gasteiger charge is -2.41. The molecule has 9 heteroatoms. The van der Waals surface area contributed by atoms with Crippen molar-refractivity contribution in [1.82, 2.24) is 9.21 Å². The average molecular weight is 441 g/mol. The summed E-state index contributed by atoms with van der Waals surface area (Å²) < 4.78 is 50.9. The second-order valence-corrected chi connectivity index (χ2v) is 12.7. The molecule has 0 aromatic heterocycles. The Labute approximate surface area is 173 Å². The number of piperidine rings is 2. The molecule has 3 aliphatic rings. The molecule has 2 atom stereocenters. The van der Waals surface area contributed by atoms with Crippen molar-refractivity contribution in [2.75, 3.05) is 19.3 Å². The predicted octanol–water partition coefficient (Wildman–Crippen LogP) is 1.65. The lowest BCUT2D eigenvalue weighted by molar-refractivity contribution is -0.141. The number of amides is 1. The van der Waals surface area contributed by atoms with Crippen LogP contribution in [-0.2, 0) is 24.7 Å². The van der Waals surface area contributed by atoms with E-state index in [1.165, 1.54) is 10.6 Å². The number of hydrogen-bond acceptors (Lipinski definition) is 5. The Morgan fingerprint density at radius 2 is 1.45 bits per heavy atom. The van der Waals surface area contributed by atoms with Gasteiger partial charge in [0.05, 0.1) is 16.4 Å². The number of sulfonamides is 1. The molecule has 160 valence electrons. The van der Waals surface area contributed by atoms with Crippen LogP contribution in [0.25, 0.3) is 0 Å². The molecule has 0 saturated carbocycles. The van der Waals surface area contributed by atoms with E-state index in [0.29, 0.717) is 43.7 Å². The molecule has 4 rings (SSSR count). The summed E-state index contributed by atoms with van der Waals surface area (Å²) >= 11 is 0. The van der Waals surface area contributed by atoms with Gasteiger partial charge < -0.3 is 4.90 Å². The first-order valence-electron chi connectivity index (χ1n) is 10.2. The van der Waals surface area contributed by atoms with Crippen LogP contribution in [-0.4, -0.2) is 68.6 Å². The van der Waals surface area contributed by atoms with Gasteiger partial charge in [-0.25, -0.2) is 21.1 Å². The molecule has 1 aromatic carbocycles. The van der Waals surface area contributed by atoms with E-state index in [1.54, 1.807) is 30.3 Å². The zero-order chi connectivity index (χ0) is 20.8. The summed E-state index contributed by atoms with van der Waals surface area (Å²) in [5, 5.41) is -0.446. The Bertz CT molecular complexity index is 955. The first kappa shape index (κ1) is 20.8. The van der Waals surface area contributed by atoms with Gasteiger partial charge in [-0.15, -0.1) is 0 Å². The van der Waals surface area contributed by atoms with E-state index in [-0.39, 0.29) is 23.9 Å². The number of fused-ring (bicyclic) bond motifs is 2. The normalized spacial score (nSPS) is 29.1. The number of carbonyl (C=O) groups excluding carboxylic acids is 1. The van der Waals surface area contributed by atoms with Crippen LogP contribution in [0.2, 0.25) is 0 Å². The van der Waals surface area contributed by atoms with Crippen molar-refractivity contribution in [2.24, 2.45) is 5.92 Å². The molecule has 3 saturated heterocycles. The third-order valence-corrected chi connectivity index (χ3v) is 10.2. The largest absolute Gasteiger partial charge is 0.336 e. The highest BCUT2D eigenvalue weighted by Crippen LogP contribution is 2.41. The van der Waals surface area contributed by atoms with Gasteiger partial charge >= 0.3 is 0 Å². The minimum atomic E-state index is -3.40. The average Bonchev–Trinajstić information content (AvgIpc) is 2.96. The minimum absolute atomic E-state index is 0.0299. The Morgan fingerprint density at radius 3 is 1.97 bits per heavy atom. The van der Waals surface area contributed by atoms with Crippen LogP contribution >= 0.6 is 0 Å². The van der Waals surface area contributed by atoms with Crippen molar-refractivity contribution in [1.29, 1.82) is 0 Å². The van der Waals surface area contributed by atoms with Crippen molar-refractivity contribution in [3.05, 3.63) is 30.3 Å². The molecule has 3 fully saturated rings. The molecule has 0 radical (unpaired) electrons. The van der Waals surface area contributed by atoms with Crippen LogP contribution in [0, 0.1) is 5.92 Å². The standard InChI is InChI=1S/C20H28N2O5S2/c1-28(24,25)21-11-9-15(10-12-21)20(23)22-16-7-8-17(22)14-19(13-16)29(26,27)18-5-3-2-4-6-18/h2-6,15-17,19H,7-14H2,1H3/t16-,17-/m0/s1. The maximum absolute atomic E-state index is 13.2. The molecular formula is C20H28N2O5S2. The lowest BCUT2D eigenvalue weighted by Crippen LogP contribution is -2.53. The first-order valence-corrected chi connectivity index (χ1v) is 13.6. The minimum Gasteiger partial charge on any atom is -0.336 e. The third-order valence-electron chi connectivity index (χ3n) is 6.73. The molecule has 0 aliphatic carbocycles. The van der Waals surface area contributed by atoms with Crippen molar-refractivity contribution in [3.63, 3.8) is 0 Å². The zero-order valence-corrected chi connectivity index (χ0v) is 18.2. The Hall–Kier alpha value is -1.45. The Kier molecular flexibility index (Phi) is 5.50. The third kappa shape index (κ3) is 3.96. The molecule has 0 unspecified atom stereocenters. The molecule has 1 amide bonds. The predicted molar refractivity (Wildman–Crippen MR) is 109 cm³/mol. The number of sulfone groups is 1. The SMILES string of the molecule is CS(=O)(=O)N1CCC(C(=O)N2[C@H]3CC[C@H]2CC(S(=O)(=O)c2ccccc2)C3)CC1. The van der Waals surface area contributed by atoms with Gasteiger partial charge in [0.1, 0.15) is 0 Å². The smallest absolute Gasteiger partial charge is 0.226 e. The van der Waals surface area contributed by atoms with E-state index in [1.807, 2.05) is 4.90 Å². The van der Waals surface area contributed by atoms with Gasteiger partial charge in [0.25, 0.3) is 0 Å². The maximum atomic E-state index is 13.2. The quantitative estimate of drug-likeness (QED) is 0.710. The summed E-state index contributed by atoms with van der Waals surface area (Å²) in [6.07, 6.45) is 4.94. The summed E-state index contributed by atoms with van der Waals surface area (Å²) in [6.45, 7) is 0.757. The summed E-state index contributed by atoms with van der Waals surface area (Å²) in [6, 6.07) is 8.51. The van der Waals surface area contributed by atoms with Gasteiger partial charge in [0.15, 0.2) is 9.84 Å². The highest BCUT2D eigenvalue weighted by molar-refractivity contribution is 7.92. The number of carbonyl (C=O) groups is 1. The monoisotopic (exact) mass is 440 g/mol. The lowest BCUT2D eigenvalue weighted by atomic mass is 9.93. The molecule has 2 bridgehead atoms. The van der Waals surface area contributed by atoms with E-state index in [2.05, 4.69) is 0 Å². The van der Waals surface area contributed by atoms with Gasteiger partial charge in [-0.1, -0.05) is 18.2 Å². The van der Waals surface area contributed by atoms with E-state index in [0.717, 1.165) is 12.8 Å². The molecule has 7 nitrogen and oxygen atoms in total. The van der Waals surface area contributed by atoms with E-state index in [9.17, 15) is 21.6 Å². The second-order valence-electron chi connectivity index (χ2n) is 8.52. The molecule has 0 spiro atoms. The molecule has 0 N–H and O–H groups in total. The Balaban J connectivity index is 1.44. The number of nitrogens with zero attached hydrogens (tertiary/aromatic N) is 2. The van der Waals surface area contributed by atoms with Crippen molar-refractivity contribution < 1.29 is 21.6 Å². The fourth-order valence-corrected chi connectivity index (χ4v) is 7.93. The highest BCUT2D eigenvalue weighted by atomic mass is 32.2. The second kappa shape index (κ2) is 7.67. The van der Waals surface area contributed by atoms with Crippen molar-refractivity contribution >= 4 is 25.8 Å². The van der Waals surface area contributed by atoms with Gasteiger partial charge in [0, 0.05) is 31.1 Å². The Morgan fingerprint density at radius 1 is 0.897 bits per heavy atom. The van der Waals surface area contributed by atoms with Crippen LogP contribution in [0.5, 0.6) is 0 Å². The number of benzene rings is 1. The van der Waals surface area contributed by atoms with Gasteiger partial charge in [-0.2, -0.15) is 0 Å². The molecular weight excluding hydrogens is 412 g/mol.